The molecule has 0 saturated carbocycles. The van der Waals surface area contributed by atoms with E-state index in [9.17, 15) is 8.78 Å². The van der Waals surface area contributed by atoms with E-state index in [4.69, 9.17) is 5.73 Å². The molecule has 17 heavy (non-hydrogen) atoms. The van der Waals surface area contributed by atoms with Crippen LogP contribution in [0.4, 0.5) is 8.78 Å². The van der Waals surface area contributed by atoms with Crippen LogP contribution in [0.25, 0.3) is 11.3 Å². The number of nitrogens with one attached hydrogen (secondary N) is 1. The number of nitrogens with two attached hydrogens (primary N) is 1. The van der Waals surface area contributed by atoms with Crippen LogP contribution in [0.5, 0.6) is 5.75 Å². The van der Waals surface area contributed by atoms with Crippen molar-refractivity contribution in [1.29, 1.82) is 0 Å². The molecule has 1 aromatic carbocycles. The Morgan fingerprint density at radius 1 is 1.29 bits per heavy atom. The van der Waals surface area contributed by atoms with Gasteiger partial charge in [0.15, 0.2) is 11.6 Å². The van der Waals surface area contributed by atoms with E-state index in [1.807, 2.05) is 0 Å². The van der Waals surface area contributed by atoms with Crippen LogP contribution in [0.15, 0.2) is 18.2 Å². The number of benzene rings is 1. The van der Waals surface area contributed by atoms with Crippen molar-refractivity contribution in [3.8, 4) is 17.0 Å². The van der Waals surface area contributed by atoms with Crippen molar-refractivity contribution >= 4 is 0 Å². The normalized spacial score (nSPS) is 10.6. The average Bonchev–Trinajstić information content (AvgIpc) is 2.80. The Bertz CT molecular complexity index is 540. The summed E-state index contributed by atoms with van der Waals surface area (Å²) in [5.41, 5.74) is 6.42. The maximum Gasteiger partial charge on any atom is 0.165 e. The Balaban J connectivity index is 2.48. The maximum absolute atomic E-state index is 13.7. The largest absolute Gasteiger partial charge is 0.494 e. The first-order chi connectivity index (χ1) is 8.15. The fourth-order valence-electron chi connectivity index (χ4n) is 1.49. The zero-order chi connectivity index (χ0) is 12.4. The molecule has 0 fully saturated rings. The van der Waals surface area contributed by atoms with Gasteiger partial charge in [-0.25, -0.2) is 8.78 Å². The Morgan fingerprint density at radius 3 is 2.65 bits per heavy atom. The summed E-state index contributed by atoms with van der Waals surface area (Å²) in [6, 6.07) is 3.61. The van der Waals surface area contributed by atoms with E-state index in [-0.39, 0.29) is 17.9 Å². The SMILES string of the molecule is COc1cc(F)c(-c2cc(CN)[nH]n2)cc1F. The molecule has 0 aliphatic rings. The highest BCUT2D eigenvalue weighted by Crippen LogP contribution is 2.27. The molecule has 2 rings (SSSR count). The van der Waals surface area contributed by atoms with E-state index in [1.54, 1.807) is 6.07 Å². The summed E-state index contributed by atoms with van der Waals surface area (Å²) >= 11 is 0. The fraction of sp³-hybridized carbons (Fsp3) is 0.182. The lowest BCUT2D eigenvalue weighted by Gasteiger charge is -2.04. The topological polar surface area (TPSA) is 63.9 Å². The van der Waals surface area contributed by atoms with Gasteiger partial charge < -0.3 is 10.5 Å². The molecule has 6 heteroatoms. The predicted molar refractivity (Wildman–Crippen MR) is 58.4 cm³/mol. The van der Waals surface area contributed by atoms with Gasteiger partial charge in [0, 0.05) is 23.9 Å². The van der Waals surface area contributed by atoms with Crippen LogP contribution in [-0.4, -0.2) is 17.3 Å². The first-order valence-corrected chi connectivity index (χ1v) is 4.93. The van der Waals surface area contributed by atoms with Crippen LogP contribution in [0.2, 0.25) is 0 Å². The summed E-state index contributed by atoms with van der Waals surface area (Å²) in [6.45, 7) is 0.257. The Hall–Kier alpha value is -1.95. The lowest BCUT2D eigenvalue weighted by atomic mass is 10.1. The smallest absolute Gasteiger partial charge is 0.165 e. The molecule has 2 aromatic rings. The maximum atomic E-state index is 13.7. The molecule has 0 aliphatic heterocycles. The number of methoxy groups -OCH3 is 1. The number of ether oxygens (including phenoxy) is 1. The van der Waals surface area contributed by atoms with Crippen LogP contribution < -0.4 is 10.5 Å². The Kier molecular flexibility index (Phi) is 3.06. The van der Waals surface area contributed by atoms with E-state index >= 15 is 0 Å². The van der Waals surface area contributed by atoms with Crippen molar-refractivity contribution in [1.82, 2.24) is 10.2 Å². The quantitative estimate of drug-likeness (QED) is 0.858. The van der Waals surface area contributed by atoms with Gasteiger partial charge in [0.25, 0.3) is 0 Å². The van der Waals surface area contributed by atoms with Crippen LogP contribution in [0, 0.1) is 11.6 Å². The first kappa shape index (κ1) is 11.5. The third-order valence-electron chi connectivity index (χ3n) is 2.37. The molecule has 1 heterocycles. The Morgan fingerprint density at radius 2 is 2.06 bits per heavy atom. The minimum Gasteiger partial charge on any atom is -0.494 e. The molecule has 0 aliphatic carbocycles. The lowest BCUT2D eigenvalue weighted by molar-refractivity contribution is 0.383. The minimum absolute atomic E-state index is 0.0688. The third kappa shape index (κ3) is 2.12. The molecule has 0 amide bonds. The molecule has 3 N–H and O–H groups in total. The third-order valence-corrected chi connectivity index (χ3v) is 2.37. The van der Waals surface area contributed by atoms with Crippen molar-refractivity contribution < 1.29 is 13.5 Å². The van der Waals surface area contributed by atoms with Gasteiger partial charge in [-0.15, -0.1) is 0 Å². The van der Waals surface area contributed by atoms with Crippen LogP contribution in [0.3, 0.4) is 0 Å². The van der Waals surface area contributed by atoms with Gasteiger partial charge in [-0.2, -0.15) is 5.10 Å². The highest BCUT2D eigenvalue weighted by atomic mass is 19.1. The van der Waals surface area contributed by atoms with E-state index in [0.29, 0.717) is 11.4 Å². The van der Waals surface area contributed by atoms with Gasteiger partial charge in [-0.1, -0.05) is 0 Å². The molecule has 4 nitrogen and oxygen atoms in total. The average molecular weight is 239 g/mol. The van der Waals surface area contributed by atoms with Crippen molar-refractivity contribution in [2.45, 2.75) is 6.54 Å². The standard InChI is InChI=1S/C11H11F2N3O/c1-17-11-4-8(12)7(3-9(11)13)10-2-6(5-14)15-16-10/h2-4H,5,14H2,1H3,(H,15,16). The molecule has 1 aromatic heterocycles. The number of rotatable bonds is 3. The summed E-state index contributed by atoms with van der Waals surface area (Å²) in [4.78, 5) is 0. The summed E-state index contributed by atoms with van der Waals surface area (Å²) in [5, 5.41) is 6.50. The fourth-order valence-corrected chi connectivity index (χ4v) is 1.49. The van der Waals surface area contributed by atoms with E-state index < -0.39 is 11.6 Å². The summed E-state index contributed by atoms with van der Waals surface area (Å²) in [7, 11) is 1.28. The van der Waals surface area contributed by atoms with Crippen LogP contribution in [-0.2, 0) is 6.54 Å². The molecular formula is C11H11F2N3O. The van der Waals surface area contributed by atoms with Gasteiger partial charge >= 0.3 is 0 Å². The van der Waals surface area contributed by atoms with Crippen molar-refractivity contribution in [3.05, 3.63) is 35.5 Å². The highest BCUT2D eigenvalue weighted by Gasteiger charge is 2.14. The van der Waals surface area contributed by atoms with Crippen LogP contribution in [0.1, 0.15) is 5.69 Å². The second-order valence-corrected chi connectivity index (χ2v) is 3.45. The molecule has 0 saturated heterocycles. The van der Waals surface area contributed by atoms with Crippen molar-refractivity contribution in [2.75, 3.05) is 7.11 Å². The second-order valence-electron chi connectivity index (χ2n) is 3.45. The molecule has 0 unspecified atom stereocenters. The number of hydrogen-bond donors (Lipinski definition) is 2. The number of halogens is 2. The van der Waals surface area contributed by atoms with Gasteiger partial charge in [0.2, 0.25) is 0 Å². The highest BCUT2D eigenvalue weighted by molar-refractivity contribution is 5.61. The lowest BCUT2D eigenvalue weighted by Crippen LogP contribution is -1.95. The van der Waals surface area contributed by atoms with Crippen molar-refractivity contribution in [2.24, 2.45) is 5.73 Å². The molecule has 0 atom stereocenters. The number of aromatic amines is 1. The number of nitrogens with zero attached hydrogens (tertiary/aromatic N) is 1. The zero-order valence-corrected chi connectivity index (χ0v) is 9.13. The minimum atomic E-state index is -0.638. The predicted octanol–water partition coefficient (Wildman–Crippen LogP) is 1.82. The van der Waals surface area contributed by atoms with E-state index in [2.05, 4.69) is 14.9 Å². The van der Waals surface area contributed by atoms with Crippen LogP contribution >= 0.6 is 0 Å². The summed E-state index contributed by atoms with van der Waals surface area (Å²) in [5.74, 6) is -1.37. The zero-order valence-electron chi connectivity index (χ0n) is 9.13. The summed E-state index contributed by atoms with van der Waals surface area (Å²) < 4.78 is 31.8. The number of H-pyrrole nitrogens is 1. The van der Waals surface area contributed by atoms with E-state index in [0.717, 1.165) is 12.1 Å². The molecular weight excluding hydrogens is 228 g/mol. The second kappa shape index (κ2) is 4.50. The molecule has 0 bridgehead atoms. The van der Waals surface area contributed by atoms with Gasteiger partial charge in [-0.3, -0.25) is 5.10 Å². The van der Waals surface area contributed by atoms with Gasteiger partial charge in [-0.05, 0) is 12.1 Å². The van der Waals surface area contributed by atoms with Crippen molar-refractivity contribution in [3.63, 3.8) is 0 Å². The first-order valence-electron chi connectivity index (χ1n) is 4.93. The monoisotopic (exact) mass is 239 g/mol. The summed E-state index contributed by atoms with van der Waals surface area (Å²) in [6.07, 6.45) is 0. The molecule has 90 valence electrons. The Labute approximate surface area is 96.4 Å². The number of hydrogen-bond acceptors (Lipinski definition) is 3. The number of aromatic nitrogens is 2. The van der Waals surface area contributed by atoms with E-state index in [1.165, 1.54) is 7.11 Å². The molecule has 0 spiro atoms. The molecule has 0 radical (unpaired) electrons. The van der Waals surface area contributed by atoms with Gasteiger partial charge in [0.1, 0.15) is 5.82 Å². The van der Waals surface area contributed by atoms with Gasteiger partial charge in [0.05, 0.1) is 12.8 Å².